The molecule has 0 bridgehead atoms. The fraction of sp³-hybridized carbons (Fsp3) is 0.500. The van der Waals surface area contributed by atoms with Crippen molar-refractivity contribution in [1.82, 2.24) is 25.9 Å². The van der Waals surface area contributed by atoms with Gasteiger partial charge in [-0.2, -0.15) is 5.21 Å². The fourth-order valence-electron chi connectivity index (χ4n) is 0.506. The molecule has 0 aliphatic carbocycles. The first-order chi connectivity index (χ1) is 5.34. The normalized spacial score (nSPS) is 9.55. The van der Waals surface area contributed by atoms with Crippen LogP contribution in [0.4, 0.5) is 0 Å². The largest absolute Gasteiger partial charge is 0.395 e. The molecule has 0 saturated heterocycles. The van der Waals surface area contributed by atoms with Gasteiger partial charge >= 0.3 is 0 Å². The molecule has 0 radical (unpaired) electrons. The van der Waals surface area contributed by atoms with Crippen molar-refractivity contribution in [1.29, 1.82) is 0 Å². The molecule has 0 aliphatic rings. The average molecular weight is 157 g/mol. The second-order valence-electron chi connectivity index (χ2n) is 1.71. The van der Waals surface area contributed by atoms with Crippen LogP contribution in [-0.2, 0) is 0 Å². The van der Waals surface area contributed by atoms with Gasteiger partial charge in [-0.1, -0.05) is 0 Å². The molecule has 1 amide bonds. The lowest BCUT2D eigenvalue weighted by molar-refractivity contribution is 0.0934. The second kappa shape index (κ2) is 3.62. The van der Waals surface area contributed by atoms with E-state index in [2.05, 4.69) is 25.9 Å². The standard InChI is InChI=1S/C4H7N5O2/c10-2-1-5-4(11)3-6-8-9-7-3/h10H,1-2H2,(H,5,11)(H,6,7,8,9). The third-order valence-electron chi connectivity index (χ3n) is 0.946. The first-order valence-corrected chi connectivity index (χ1v) is 2.97. The highest BCUT2D eigenvalue weighted by molar-refractivity contribution is 5.89. The van der Waals surface area contributed by atoms with Gasteiger partial charge < -0.3 is 10.4 Å². The van der Waals surface area contributed by atoms with Crippen LogP contribution >= 0.6 is 0 Å². The first-order valence-electron chi connectivity index (χ1n) is 2.97. The van der Waals surface area contributed by atoms with Crippen molar-refractivity contribution in [2.75, 3.05) is 13.2 Å². The van der Waals surface area contributed by atoms with E-state index in [-0.39, 0.29) is 19.0 Å². The van der Waals surface area contributed by atoms with Crippen molar-refractivity contribution in [2.24, 2.45) is 0 Å². The molecule has 0 atom stereocenters. The number of aliphatic hydroxyl groups is 1. The molecule has 0 saturated carbocycles. The van der Waals surface area contributed by atoms with Crippen LogP contribution in [0.3, 0.4) is 0 Å². The molecular weight excluding hydrogens is 150 g/mol. The van der Waals surface area contributed by atoms with Crippen LogP contribution in [-0.4, -0.2) is 44.8 Å². The van der Waals surface area contributed by atoms with Crippen molar-refractivity contribution in [3.05, 3.63) is 5.82 Å². The van der Waals surface area contributed by atoms with E-state index in [4.69, 9.17) is 5.11 Å². The number of hydrogen-bond acceptors (Lipinski definition) is 5. The zero-order valence-corrected chi connectivity index (χ0v) is 5.61. The molecule has 0 unspecified atom stereocenters. The van der Waals surface area contributed by atoms with Gasteiger partial charge in [0.2, 0.25) is 0 Å². The van der Waals surface area contributed by atoms with Gasteiger partial charge in [0.25, 0.3) is 11.7 Å². The zero-order valence-electron chi connectivity index (χ0n) is 5.61. The Bertz CT molecular complexity index is 220. The van der Waals surface area contributed by atoms with Gasteiger partial charge in [-0.25, -0.2) is 0 Å². The number of rotatable bonds is 3. The molecule has 60 valence electrons. The summed E-state index contributed by atoms with van der Waals surface area (Å²) in [6.07, 6.45) is 0. The van der Waals surface area contributed by atoms with Crippen LogP contribution in [0, 0.1) is 0 Å². The maximum atomic E-state index is 10.9. The molecule has 11 heavy (non-hydrogen) atoms. The highest BCUT2D eigenvalue weighted by Gasteiger charge is 2.08. The number of aromatic amines is 1. The highest BCUT2D eigenvalue weighted by atomic mass is 16.3. The van der Waals surface area contributed by atoms with Crippen LogP contribution in [0.1, 0.15) is 10.6 Å². The SMILES string of the molecule is O=C(NCCO)c1nn[nH]n1. The lowest BCUT2D eigenvalue weighted by atomic mass is 10.5. The lowest BCUT2D eigenvalue weighted by Gasteiger charge is -1.95. The van der Waals surface area contributed by atoms with E-state index in [0.717, 1.165) is 0 Å². The summed E-state index contributed by atoms with van der Waals surface area (Å²) in [5.74, 6) is -0.480. The highest BCUT2D eigenvalue weighted by Crippen LogP contribution is 1.80. The Balaban J connectivity index is 2.43. The van der Waals surface area contributed by atoms with E-state index in [0.29, 0.717) is 0 Å². The lowest BCUT2D eigenvalue weighted by Crippen LogP contribution is -2.27. The van der Waals surface area contributed by atoms with Gasteiger partial charge in [0, 0.05) is 6.54 Å². The zero-order chi connectivity index (χ0) is 8.10. The molecule has 1 rings (SSSR count). The van der Waals surface area contributed by atoms with E-state index in [1.165, 1.54) is 0 Å². The summed E-state index contributed by atoms with van der Waals surface area (Å²) in [4.78, 5) is 10.9. The average Bonchev–Trinajstić information content (AvgIpc) is 2.52. The molecule has 0 aliphatic heterocycles. The Morgan fingerprint density at radius 3 is 3.09 bits per heavy atom. The van der Waals surface area contributed by atoms with Crippen LogP contribution in [0.25, 0.3) is 0 Å². The number of carbonyl (C=O) groups excluding carboxylic acids is 1. The van der Waals surface area contributed by atoms with E-state index in [1.807, 2.05) is 0 Å². The number of aliphatic hydroxyl groups excluding tert-OH is 1. The third-order valence-corrected chi connectivity index (χ3v) is 0.946. The summed E-state index contributed by atoms with van der Waals surface area (Å²) < 4.78 is 0. The van der Waals surface area contributed by atoms with Gasteiger partial charge in [-0.05, 0) is 5.21 Å². The van der Waals surface area contributed by atoms with Crippen LogP contribution in [0.15, 0.2) is 0 Å². The summed E-state index contributed by atoms with van der Waals surface area (Å²) in [5, 5.41) is 22.9. The van der Waals surface area contributed by atoms with Crippen molar-refractivity contribution in [2.45, 2.75) is 0 Å². The Morgan fingerprint density at radius 1 is 1.73 bits per heavy atom. The molecule has 0 aromatic carbocycles. The monoisotopic (exact) mass is 157 g/mol. The quantitative estimate of drug-likeness (QED) is 0.467. The Kier molecular flexibility index (Phi) is 2.50. The maximum absolute atomic E-state index is 10.9. The van der Waals surface area contributed by atoms with E-state index in [9.17, 15) is 4.79 Å². The Morgan fingerprint density at radius 2 is 2.55 bits per heavy atom. The summed E-state index contributed by atoms with van der Waals surface area (Å²) in [6.45, 7) is 0.0803. The number of nitrogens with zero attached hydrogens (tertiary/aromatic N) is 3. The Hall–Kier alpha value is -1.50. The maximum Gasteiger partial charge on any atom is 0.292 e. The summed E-state index contributed by atoms with van der Waals surface area (Å²) in [7, 11) is 0. The molecule has 1 aromatic rings. The molecule has 0 spiro atoms. The van der Waals surface area contributed by atoms with Crippen LogP contribution in [0.5, 0.6) is 0 Å². The molecule has 7 nitrogen and oxygen atoms in total. The summed E-state index contributed by atoms with van der Waals surface area (Å²) >= 11 is 0. The van der Waals surface area contributed by atoms with Crippen molar-refractivity contribution >= 4 is 5.91 Å². The first kappa shape index (κ1) is 7.61. The molecule has 0 fully saturated rings. The molecular formula is C4H7N5O2. The van der Waals surface area contributed by atoms with Gasteiger partial charge in [0.1, 0.15) is 0 Å². The van der Waals surface area contributed by atoms with Crippen LogP contribution < -0.4 is 5.32 Å². The third kappa shape index (κ3) is 1.97. The topological polar surface area (TPSA) is 104 Å². The summed E-state index contributed by atoms with van der Waals surface area (Å²) in [5.41, 5.74) is 0. The minimum Gasteiger partial charge on any atom is -0.395 e. The minimum absolute atomic E-state index is 0.0292. The molecule has 3 N–H and O–H groups in total. The number of tetrazole rings is 1. The van der Waals surface area contributed by atoms with Crippen molar-refractivity contribution in [3.63, 3.8) is 0 Å². The van der Waals surface area contributed by atoms with Gasteiger partial charge in [0.05, 0.1) is 6.61 Å². The van der Waals surface area contributed by atoms with E-state index >= 15 is 0 Å². The number of amides is 1. The van der Waals surface area contributed by atoms with Crippen molar-refractivity contribution in [3.8, 4) is 0 Å². The Labute approximate surface area is 61.8 Å². The number of hydrogen-bond donors (Lipinski definition) is 3. The number of aromatic nitrogens is 4. The van der Waals surface area contributed by atoms with Gasteiger partial charge in [0.15, 0.2) is 0 Å². The predicted molar refractivity (Wildman–Crippen MR) is 33.6 cm³/mol. The number of H-pyrrole nitrogens is 1. The second-order valence-corrected chi connectivity index (χ2v) is 1.71. The minimum atomic E-state index is -0.451. The summed E-state index contributed by atoms with van der Waals surface area (Å²) in [6, 6.07) is 0. The fourth-order valence-corrected chi connectivity index (χ4v) is 0.506. The van der Waals surface area contributed by atoms with E-state index < -0.39 is 5.91 Å². The number of carbonyl (C=O) groups is 1. The molecule has 7 heteroatoms. The van der Waals surface area contributed by atoms with Crippen molar-refractivity contribution < 1.29 is 9.90 Å². The predicted octanol–water partition coefficient (Wildman–Crippen LogP) is -2.08. The van der Waals surface area contributed by atoms with Gasteiger partial charge in [-0.15, -0.1) is 10.2 Å². The number of nitrogens with one attached hydrogen (secondary N) is 2. The van der Waals surface area contributed by atoms with Crippen LogP contribution in [0.2, 0.25) is 0 Å². The van der Waals surface area contributed by atoms with Gasteiger partial charge in [-0.3, -0.25) is 4.79 Å². The molecule has 1 heterocycles. The molecule has 1 aromatic heterocycles. The van der Waals surface area contributed by atoms with E-state index in [1.54, 1.807) is 0 Å². The smallest absolute Gasteiger partial charge is 0.292 e.